The van der Waals surface area contributed by atoms with Gasteiger partial charge in [0.25, 0.3) is 0 Å². The van der Waals surface area contributed by atoms with Gasteiger partial charge in [-0.05, 0) is 19.3 Å². The molecule has 2 fully saturated rings. The molecule has 0 saturated carbocycles. The number of nitrogens with one attached hydrogen (secondary N) is 2. The van der Waals surface area contributed by atoms with Crippen molar-refractivity contribution in [1.29, 1.82) is 0 Å². The number of amides is 3. The minimum Gasteiger partial charge on any atom is -0.480 e. The van der Waals surface area contributed by atoms with Crippen molar-refractivity contribution in [2.24, 2.45) is 5.92 Å². The van der Waals surface area contributed by atoms with E-state index in [-0.39, 0.29) is 23.9 Å². The Bertz CT molecular complexity index is 398. The number of fused-ring (bicyclic) bond motifs is 1. The minimum atomic E-state index is -1.04. The Kier molecular flexibility index (Phi) is 3.92. The summed E-state index contributed by atoms with van der Waals surface area (Å²) in [5.74, 6) is -1.19. The lowest BCUT2D eigenvalue weighted by Gasteiger charge is -2.36. The normalized spacial score (nSPS) is 27.4. The van der Waals surface area contributed by atoms with Gasteiger partial charge in [0.2, 0.25) is 5.91 Å². The average Bonchev–Trinajstić information content (AvgIpc) is 2.77. The Morgan fingerprint density at radius 3 is 2.95 bits per heavy atom. The smallest absolute Gasteiger partial charge is 0.326 e. The number of likely N-dealkylation sites (tertiary alicyclic amines) is 1. The highest BCUT2D eigenvalue weighted by Crippen LogP contribution is 2.27. The highest BCUT2D eigenvalue weighted by Gasteiger charge is 2.43. The summed E-state index contributed by atoms with van der Waals surface area (Å²) in [6.45, 7) is 2.73. The number of carbonyl (C=O) groups is 3. The van der Waals surface area contributed by atoms with E-state index in [4.69, 9.17) is 5.11 Å². The first kappa shape index (κ1) is 13.6. The molecule has 2 aliphatic rings. The molecule has 0 radical (unpaired) electrons. The maximum Gasteiger partial charge on any atom is 0.326 e. The molecule has 2 heterocycles. The van der Waals surface area contributed by atoms with Gasteiger partial charge in [0.15, 0.2) is 0 Å². The molecule has 2 saturated heterocycles. The number of piperidine rings is 1. The van der Waals surface area contributed by atoms with Crippen molar-refractivity contribution in [1.82, 2.24) is 15.5 Å². The fourth-order valence-electron chi connectivity index (χ4n) is 2.77. The van der Waals surface area contributed by atoms with E-state index in [1.807, 2.05) is 0 Å². The number of nitrogens with zero attached hydrogens (tertiary/aromatic N) is 1. The number of rotatable bonds is 3. The monoisotopic (exact) mass is 269 g/mol. The van der Waals surface area contributed by atoms with Gasteiger partial charge in [-0.1, -0.05) is 6.92 Å². The summed E-state index contributed by atoms with van der Waals surface area (Å²) in [6.07, 6.45) is 1.89. The van der Waals surface area contributed by atoms with Crippen molar-refractivity contribution in [3.63, 3.8) is 0 Å². The molecule has 19 heavy (non-hydrogen) atoms. The van der Waals surface area contributed by atoms with Crippen molar-refractivity contribution < 1.29 is 19.5 Å². The molecule has 0 bridgehead atoms. The van der Waals surface area contributed by atoms with Gasteiger partial charge in [0.05, 0.1) is 12.0 Å². The van der Waals surface area contributed by atoms with Gasteiger partial charge >= 0.3 is 12.0 Å². The first-order chi connectivity index (χ1) is 9.04. The third-order valence-corrected chi connectivity index (χ3v) is 3.87. The van der Waals surface area contributed by atoms with Gasteiger partial charge in [0, 0.05) is 13.1 Å². The highest BCUT2D eigenvalue weighted by atomic mass is 16.4. The number of carboxylic acid groups (broad SMARTS) is 1. The molecule has 2 aliphatic heterocycles. The first-order valence-electron chi connectivity index (χ1n) is 6.62. The van der Waals surface area contributed by atoms with Crippen LogP contribution in [0.15, 0.2) is 0 Å². The standard InChI is InChI=1S/C12H19N3O4/c1-2-8(11(17)18)14-12(19)15-5-3-4-7-9(15)6-13-10(7)16/h7-9H,2-6H2,1H3,(H,13,16)(H,14,19)(H,17,18)/t7?,8-,9?/m1/s1. The highest BCUT2D eigenvalue weighted by molar-refractivity contribution is 5.86. The molecule has 3 atom stereocenters. The summed E-state index contributed by atoms with van der Waals surface area (Å²) in [6, 6.07) is -1.41. The van der Waals surface area contributed by atoms with Crippen LogP contribution < -0.4 is 10.6 Å². The zero-order valence-electron chi connectivity index (χ0n) is 10.9. The van der Waals surface area contributed by atoms with E-state index in [1.165, 1.54) is 0 Å². The largest absolute Gasteiger partial charge is 0.480 e. The number of carboxylic acids is 1. The van der Waals surface area contributed by atoms with Crippen molar-refractivity contribution >= 4 is 17.9 Å². The second-order valence-electron chi connectivity index (χ2n) is 5.00. The number of urea groups is 1. The van der Waals surface area contributed by atoms with E-state index >= 15 is 0 Å². The van der Waals surface area contributed by atoms with Crippen LogP contribution in [0.1, 0.15) is 26.2 Å². The quantitative estimate of drug-likeness (QED) is 0.659. The van der Waals surface area contributed by atoms with Gasteiger partial charge in [-0.25, -0.2) is 9.59 Å². The Morgan fingerprint density at radius 2 is 2.32 bits per heavy atom. The van der Waals surface area contributed by atoms with E-state index in [9.17, 15) is 14.4 Å². The van der Waals surface area contributed by atoms with Crippen molar-refractivity contribution in [2.45, 2.75) is 38.3 Å². The fraction of sp³-hybridized carbons (Fsp3) is 0.750. The van der Waals surface area contributed by atoms with Crippen LogP contribution in [0.2, 0.25) is 0 Å². The molecule has 0 aromatic heterocycles. The topological polar surface area (TPSA) is 98.7 Å². The van der Waals surface area contributed by atoms with Crippen LogP contribution in [0, 0.1) is 5.92 Å². The molecular weight excluding hydrogens is 250 g/mol. The lowest BCUT2D eigenvalue weighted by molar-refractivity contribution is -0.139. The summed E-state index contributed by atoms with van der Waals surface area (Å²) in [5, 5.41) is 14.2. The molecule has 3 amide bonds. The van der Waals surface area contributed by atoms with Crippen LogP contribution in [0.25, 0.3) is 0 Å². The molecule has 0 aromatic rings. The lowest BCUT2D eigenvalue weighted by atomic mass is 9.92. The van der Waals surface area contributed by atoms with Crippen molar-refractivity contribution in [3.8, 4) is 0 Å². The summed E-state index contributed by atoms with van der Waals surface area (Å²) in [5.41, 5.74) is 0. The van der Waals surface area contributed by atoms with E-state index in [1.54, 1.807) is 11.8 Å². The van der Waals surface area contributed by atoms with Crippen LogP contribution >= 0.6 is 0 Å². The third-order valence-electron chi connectivity index (χ3n) is 3.87. The first-order valence-corrected chi connectivity index (χ1v) is 6.62. The van der Waals surface area contributed by atoms with E-state index in [0.717, 1.165) is 12.8 Å². The maximum absolute atomic E-state index is 12.1. The third kappa shape index (κ3) is 2.64. The molecule has 7 heteroatoms. The van der Waals surface area contributed by atoms with Gasteiger partial charge in [0.1, 0.15) is 6.04 Å². The summed E-state index contributed by atoms with van der Waals surface area (Å²) < 4.78 is 0. The Balaban J connectivity index is 2.02. The number of hydrogen-bond acceptors (Lipinski definition) is 3. The van der Waals surface area contributed by atoms with E-state index in [0.29, 0.717) is 19.5 Å². The predicted octanol–water partition coefficient (Wildman–Crippen LogP) is -0.230. The molecule has 0 aliphatic carbocycles. The van der Waals surface area contributed by atoms with Gasteiger partial charge in [-0.15, -0.1) is 0 Å². The van der Waals surface area contributed by atoms with Crippen LogP contribution in [0.5, 0.6) is 0 Å². The zero-order chi connectivity index (χ0) is 14.0. The van der Waals surface area contributed by atoms with Gasteiger partial charge in [-0.3, -0.25) is 4.79 Å². The number of hydrogen-bond donors (Lipinski definition) is 3. The molecule has 3 N–H and O–H groups in total. The fourth-order valence-corrected chi connectivity index (χ4v) is 2.77. The molecule has 0 spiro atoms. The summed E-state index contributed by atoms with van der Waals surface area (Å²) >= 11 is 0. The van der Waals surface area contributed by atoms with Crippen molar-refractivity contribution in [3.05, 3.63) is 0 Å². The average molecular weight is 269 g/mol. The molecule has 106 valence electrons. The van der Waals surface area contributed by atoms with Crippen molar-refractivity contribution in [2.75, 3.05) is 13.1 Å². The summed E-state index contributed by atoms with van der Waals surface area (Å²) in [7, 11) is 0. The van der Waals surface area contributed by atoms with Crippen LogP contribution in [-0.4, -0.2) is 53.1 Å². The number of carbonyl (C=O) groups excluding carboxylic acids is 2. The Morgan fingerprint density at radius 1 is 1.58 bits per heavy atom. The number of aliphatic carboxylic acids is 1. The SMILES string of the molecule is CC[C@@H](NC(=O)N1CCCC2C(=O)NCC21)C(=O)O. The maximum atomic E-state index is 12.1. The summed E-state index contributed by atoms with van der Waals surface area (Å²) in [4.78, 5) is 36.3. The molecule has 2 unspecified atom stereocenters. The lowest BCUT2D eigenvalue weighted by Crippen LogP contribution is -2.55. The Hall–Kier alpha value is -1.79. The minimum absolute atomic E-state index is 0.00669. The molecular formula is C12H19N3O4. The van der Waals surface area contributed by atoms with Crippen LogP contribution in [-0.2, 0) is 9.59 Å². The van der Waals surface area contributed by atoms with Gasteiger partial charge < -0.3 is 20.6 Å². The zero-order valence-corrected chi connectivity index (χ0v) is 10.9. The predicted molar refractivity (Wildman–Crippen MR) is 66.5 cm³/mol. The Labute approximate surface area is 111 Å². The van der Waals surface area contributed by atoms with E-state index < -0.39 is 12.0 Å². The molecule has 7 nitrogen and oxygen atoms in total. The van der Waals surface area contributed by atoms with Crippen LogP contribution in [0.3, 0.4) is 0 Å². The molecule has 2 rings (SSSR count). The second-order valence-corrected chi connectivity index (χ2v) is 5.00. The van der Waals surface area contributed by atoms with E-state index in [2.05, 4.69) is 10.6 Å². The molecule has 0 aromatic carbocycles. The second kappa shape index (κ2) is 5.46. The van der Waals surface area contributed by atoms with Crippen LogP contribution in [0.4, 0.5) is 4.79 Å². The van der Waals surface area contributed by atoms with Gasteiger partial charge in [-0.2, -0.15) is 0 Å².